The third-order valence-corrected chi connectivity index (χ3v) is 3.63. The van der Waals surface area contributed by atoms with Crippen molar-refractivity contribution in [2.75, 3.05) is 6.54 Å². The molecule has 1 aliphatic heterocycles. The van der Waals surface area contributed by atoms with Crippen LogP contribution in [-0.2, 0) is 9.53 Å². The molecule has 16 heavy (non-hydrogen) atoms. The monoisotopic (exact) mass is 228 g/mol. The second-order valence-corrected chi connectivity index (χ2v) is 5.28. The van der Waals surface area contributed by atoms with Crippen molar-refractivity contribution in [2.24, 2.45) is 11.7 Å². The third kappa shape index (κ3) is 2.95. The predicted octanol–water partition coefficient (Wildman–Crippen LogP) is 1.04. The van der Waals surface area contributed by atoms with Crippen molar-refractivity contribution >= 4 is 5.91 Å². The van der Waals surface area contributed by atoms with E-state index < -0.39 is 0 Å². The number of hydrogen-bond donors (Lipinski definition) is 2. The van der Waals surface area contributed by atoms with Gasteiger partial charge in [-0.3, -0.25) is 4.79 Å². The zero-order chi connectivity index (χ0) is 12.3. The Bertz CT molecular complexity index is 255. The molecule has 0 radical (unpaired) electrons. The molecule has 0 spiro atoms. The van der Waals surface area contributed by atoms with Crippen LogP contribution in [0.15, 0.2) is 0 Å². The van der Waals surface area contributed by atoms with Gasteiger partial charge in [0.25, 0.3) is 0 Å². The van der Waals surface area contributed by atoms with E-state index in [9.17, 15) is 4.79 Å². The summed E-state index contributed by atoms with van der Waals surface area (Å²) in [6.07, 6.45) is 1.67. The predicted molar refractivity (Wildman–Crippen MR) is 64.0 cm³/mol. The van der Waals surface area contributed by atoms with Crippen LogP contribution in [0.5, 0.6) is 0 Å². The van der Waals surface area contributed by atoms with Crippen LogP contribution in [0.25, 0.3) is 0 Å². The number of rotatable bonds is 4. The molecule has 1 heterocycles. The molecule has 1 rings (SSSR count). The van der Waals surface area contributed by atoms with E-state index in [0.717, 1.165) is 12.8 Å². The Hall–Kier alpha value is -0.610. The molecule has 1 saturated heterocycles. The first-order valence-electron chi connectivity index (χ1n) is 6.06. The van der Waals surface area contributed by atoms with E-state index in [1.807, 2.05) is 13.8 Å². The van der Waals surface area contributed by atoms with E-state index in [4.69, 9.17) is 10.5 Å². The van der Waals surface area contributed by atoms with Crippen molar-refractivity contribution in [3.05, 3.63) is 0 Å². The molecule has 4 heteroatoms. The van der Waals surface area contributed by atoms with Gasteiger partial charge in [0.05, 0.1) is 11.6 Å². The second-order valence-electron chi connectivity index (χ2n) is 5.28. The molecule has 0 aromatic carbocycles. The van der Waals surface area contributed by atoms with Crippen LogP contribution in [0.2, 0.25) is 0 Å². The zero-order valence-corrected chi connectivity index (χ0v) is 10.7. The third-order valence-electron chi connectivity index (χ3n) is 3.63. The highest BCUT2D eigenvalue weighted by Gasteiger charge is 2.34. The Labute approximate surface area is 97.9 Å². The summed E-state index contributed by atoms with van der Waals surface area (Å²) in [7, 11) is 0. The van der Waals surface area contributed by atoms with Crippen LogP contribution in [0, 0.1) is 5.92 Å². The lowest BCUT2D eigenvalue weighted by Crippen LogP contribution is -2.57. The van der Waals surface area contributed by atoms with Crippen molar-refractivity contribution in [3.8, 4) is 0 Å². The molecule has 4 nitrogen and oxygen atoms in total. The molecule has 0 aromatic heterocycles. The van der Waals surface area contributed by atoms with E-state index in [1.54, 1.807) is 0 Å². The first-order chi connectivity index (χ1) is 7.39. The highest BCUT2D eigenvalue weighted by molar-refractivity contribution is 5.81. The topological polar surface area (TPSA) is 64.4 Å². The van der Waals surface area contributed by atoms with E-state index >= 15 is 0 Å². The van der Waals surface area contributed by atoms with Gasteiger partial charge in [-0.25, -0.2) is 0 Å². The molecule has 3 atom stereocenters. The van der Waals surface area contributed by atoms with Gasteiger partial charge in [-0.1, -0.05) is 13.8 Å². The molecule has 3 N–H and O–H groups in total. The number of nitrogens with one attached hydrogen (secondary N) is 1. The highest BCUT2D eigenvalue weighted by atomic mass is 16.5. The van der Waals surface area contributed by atoms with Crippen LogP contribution in [0.3, 0.4) is 0 Å². The van der Waals surface area contributed by atoms with Crippen LogP contribution in [0.4, 0.5) is 0 Å². The fraction of sp³-hybridized carbons (Fsp3) is 0.917. The number of hydrogen-bond acceptors (Lipinski definition) is 3. The van der Waals surface area contributed by atoms with Crippen molar-refractivity contribution < 1.29 is 9.53 Å². The number of amides is 1. The molecule has 94 valence electrons. The molecule has 0 saturated carbocycles. The Balaban J connectivity index is 2.56. The summed E-state index contributed by atoms with van der Waals surface area (Å²) < 4.78 is 5.54. The molecule has 3 unspecified atom stereocenters. The fourth-order valence-electron chi connectivity index (χ4n) is 1.79. The zero-order valence-electron chi connectivity index (χ0n) is 10.7. The summed E-state index contributed by atoms with van der Waals surface area (Å²) in [6.45, 7) is 8.54. The SMILES string of the molecule is CC1CCC(C(=O)NC(C)(CN)C(C)C)O1. The maximum absolute atomic E-state index is 12.0. The van der Waals surface area contributed by atoms with Crippen LogP contribution in [-0.4, -0.2) is 30.2 Å². The first-order valence-corrected chi connectivity index (χ1v) is 6.06. The Morgan fingerprint density at radius 2 is 2.19 bits per heavy atom. The van der Waals surface area contributed by atoms with Gasteiger partial charge in [0, 0.05) is 6.54 Å². The summed E-state index contributed by atoms with van der Waals surface area (Å²) >= 11 is 0. The molecule has 1 aliphatic rings. The standard InChI is InChI=1S/C12H24N2O2/c1-8(2)12(4,7-13)14-11(15)10-6-5-9(3)16-10/h8-10H,5-7,13H2,1-4H3,(H,14,15). The first kappa shape index (κ1) is 13.5. The smallest absolute Gasteiger partial charge is 0.249 e. The Morgan fingerprint density at radius 3 is 2.56 bits per heavy atom. The average molecular weight is 228 g/mol. The molecular formula is C12H24N2O2. The van der Waals surface area contributed by atoms with Crippen molar-refractivity contribution in [3.63, 3.8) is 0 Å². The van der Waals surface area contributed by atoms with Crippen molar-refractivity contribution in [1.29, 1.82) is 0 Å². The normalized spacial score (nSPS) is 29.1. The molecule has 0 aromatic rings. The van der Waals surface area contributed by atoms with Gasteiger partial charge < -0.3 is 15.8 Å². The van der Waals surface area contributed by atoms with Crippen LogP contribution < -0.4 is 11.1 Å². The largest absolute Gasteiger partial charge is 0.365 e. The van der Waals surface area contributed by atoms with Crippen LogP contribution >= 0.6 is 0 Å². The lowest BCUT2D eigenvalue weighted by molar-refractivity contribution is -0.134. The number of carbonyl (C=O) groups is 1. The van der Waals surface area contributed by atoms with Gasteiger partial charge in [-0.2, -0.15) is 0 Å². The maximum Gasteiger partial charge on any atom is 0.249 e. The number of nitrogens with two attached hydrogens (primary N) is 1. The van der Waals surface area contributed by atoms with E-state index in [1.165, 1.54) is 0 Å². The number of ether oxygens (including phenoxy) is 1. The summed E-state index contributed by atoms with van der Waals surface area (Å²) in [6, 6.07) is 0. The molecule has 0 aliphatic carbocycles. The number of carbonyl (C=O) groups excluding carboxylic acids is 1. The Kier molecular flexibility index (Phi) is 4.33. The summed E-state index contributed by atoms with van der Waals surface area (Å²) in [5, 5.41) is 3.02. The molecular weight excluding hydrogens is 204 g/mol. The van der Waals surface area contributed by atoms with Gasteiger partial charge in [0.1, 0.15) is 6.10 Å². The lowest BCUT2D eigenvalue weighted by Gasteiger charge is -2.34. The van der Waals surface area contributed by atoms with Crippen molar-refractivity contribution in [2.45, 2.75) is 58.3 Å². The lowest BCUT2D eigenvalue weighted by atomic mass is 9.88. The quantitative estimate of drug-likeness (QED) is 0.755. The van der Waals surface area contributed by atoms with Gasteiger partial charge in [-0.05, 0) is 32.6 Å². The minimum Gasteiger partial charge on any atom is -0.365 e. The van der Waals surface area contributed by atoms with E-state index in [0.29, 0.717) is 12.5 Å². The highest BCUT2D eigenvalue weighted by Crippen LogP contribution is 2.21. The fourth-order valence-corrected chi connectivity index (χ4v) is 1.79. The molecule has 0 bridgehead atoms. The molecule has 1 fully saturated rings. The van der Waals surface area contributed by atoms with Gasteiger partial charge in [0.2, 0.25) is 5.91 Å². The van der Waals surface area contributed by atoms with E-state index in [2.05, 4.69) is 19.2 Å². The maximum atomic E-state index is 12.0. The minimum atomic E-state index is -0.341. The van der Waals surface area contributed by atoms with Crippen LogP contribution in [0.1, 0.15) is 40.5 Å². The van der Waals surface area contributed by atoms with Gasteiger partial charge in [0.15, 0.2) is 0 Å². The van der Waals surface area contributed by atoms with Crippen molar-refractivity contribution in [1.82, 2.24) is 5.32 Å². The second kappa shape index (κ2) is 5.15. The van der Waals surface area contributed by atoms with Gasteiger partial charge in [-0.15, -0.1) is 0 Å². The molecule has 1 amide bonds. The summed E-state index contributed by atoms with van der Waals surface area (Å²) in [5.41, 5.74) is 5.39. The van der Waals surface area contributed by atoms with E-state index in [-0.39, 0.29) is 23.7 Å². The average Bonchev–Trinajstić information content (AvgIpc) is 2.64. The minimum absolute atomic E-state index is 0.0222. The van der Waals surface area contributed by atoms with Gasteiger partial charge >= 0.3 is 0 Å². The summed E-state index contributed by atoms with van der Waals surface area (Å²) in [5.74, 6) is 0.284. The summed E-state index contributed by atoms with van der Waals surface area (Å²) in [4.78, 5) is 12.0. The Morgan fingerprint density at radius 1 is 1.56 bits per heavy atom.